The predicted octanol–water partition coefficient (Wildman–Crippen LogP) is 3.43. The first-order valence-electron chi connectivity index (χ1n) is 5.31. The van der Waals surface area contributed by atoms with Crippen LogP contribution in [-0.4, -0.2) is 17.1 Å². The molecule has 1 aromatic carbocycles. The molecule has 0 aliphatic rings. The molecule has 1 heterocycles. The molecule has 0 aliphatic heterocycles. The summed E-state index contributed by atoms with van der Waals surface area (Å²) in [7, 11) is 1.67. The lowest BCUT2D eigenvalue weighted by Gasteiger charge is -2.12. The Labute approximate surface area is 105 Å². The number of aromatic amines is 1. The van der Waals surface area contributed by atoms with Crippen LogP contribution in [0.25, 0.3) is 11.3 Å². The van der Waals surface area contributed by atoms with Gasteiger partial charge in [0.2, 0.25) is 0 Å². The third-order valence-electron chi connectivity index (χ3n) is 2.59. The zero-order chi connectivity index (χ0) is 12.4. The van der Waals surface area contributed by atoms with Crippen LogP contribution < -0.4 is 4.74 Å². The summed E-state index contributed by atoms with van der Waals surface area (Å²) in [5, 5.41) is 0. The highest BCUT2D eigenvalue weighted by molar-refractivity contribution is 7.71. The van der Waals surface area contributed by atoms with E-state index in [-0.39, 0.29) is 0 Å². The molecule has 0 bridgehead atoms. The van der Waals surface area contributed by atoms with E-state index in [4.69, 9.17) is 17.0 Å². The second kappa shape index (κ2) is 4.67. The number of rotatable bonds is 2. The molecule has 0 fully saturated rings. The van der Waals surface area contributed by atoms with Crippen LogP contribution in [0.2, 0.25) is 0 Å². The van der Waals surface area contributed by atoms with Crippen molar-refractivity contribution in [1.82, 2.24) is 9.97 Å². The first-order valence-corrected chi connectivity index (χ1v) is 5.72. The Morgan fingerprint density at radius 3 is 2.65 bits per heavy atom. The van der Waals surface area contributed by atoms with Gasteiger partial charge in [-0.15, -0.1) is 0 Å². The molecule has 2 aromatic rings. The minimum Gasteiger partial charge on any atom is -0.496 e. The van der Waals surface area contributed by atoms with Crippen molar-refractivity contribution in [3.05, 3.63) is 40.3 Å². The van der Waals surface area contributed by atoms with Crippen LogP contribution in [0, 0.1) is 18.5 Å². The summed E-state index contributed by atoms with van der Waals surface area (Å²) in [5.74, 6) is 0.834. The van der Waals surface area contributed by atoms with Crippen LogP contribution in [0.5, 0.6) is 5.75 Å². The third kappa shape index (κ3) is 2.36. The van der Waals surface area contributed by atoms with Crippen molar-refractivity contribution in [3.63, 3.8) is 0 Å². The summed E-state index contributed by atoms with van der Waals surface area (Å²) in [6.45, 7) is 4.10. The number of aromatic nitrogens is 2. The molecule has 0 atom stereocenters. The number of H-pyrrole nitrogens is 1. The fourth-order valence-corrected chi connectivity index (χ4v) is 2.11. The summed E-state index contributed by atoms with van der Waals surface area (Å²) < 4.78 is 6.03. The summed E-state index contributed by atoms with van der Waals surface area (Å²) in [6.07, 6.45) is 3.38. The van der Waals surface area contributed by atoms with Crippen LogP contribution in [0.15, 0.2) is 24.5 Å². The standard InChI is InChI=1S/C13H14N2OS/c1-8-4-9(2)13(11(5-8)16-3)10-6-14-7-12(17)15-10/h4-7H,1-3H3,(H,15,17). The molecule has 17 heavy (non-hydrogen) atoms. The Kier molecular flexibility index (Phi) is 3.24. The second-order valence-electron chi connectivity index (χ2n) is 3.97. The molecular weight excluding hydrogens is 232 g/mol. The Bertz CT molecular complexity index is 605. The zero-order valence-electron chi connectivity index (χ0n) is 10.1. The first kappa shape index (κ1) is 11.8. The number of nitrogens with one attached hydrogen (secondary N) is 1. The third-order valence-corrected chi connectivity index (χ3v) is 2.79. The summed E-state index contributed by atoms with van der Waals surface area (Å²) >= 11 is 5.09. The van der Waals surface area contributed by atoms with Crippen LogP contribution >= 0.6 is 12.2 Å². The maximum atomic E-state index is 5.42. The number of ether oxygens (including phenoxy) is 1. The normalized spacial score (nSPS) is 10.3. The van der Waals surface area contributed by atoms with Gasteiger partial charge < -0.3 is 9.72 Å². The van der Waals surface area contributed by atoms with E-state index in [2.05, 4.69) is 23.0 Å². The van der Waals surface area contributed by atoms with Gasteiger partial charge in [0, 0.05) is 5.56 Å². The molecule has 0 radical (unpaired) electrons. The minimum absolute atomic E-state index is 0.615. The largest absolute Gasteiger partial charge is 0.496 e. The van der Waals surface area contributed by atoms with Gasteiger partial charge in [-0.1, -0.05) is 18.3 Å². The summed E-state index contributed by atoms with van der Waals surface area (Å²) in [4.78, 5) is 7.24. The van der Waals surface area contributed by atoms with Crippen molar-refractivity contribution in [3.8, 4) is 17.0 Å². The Balaban J connectivity index is 2.70. The highest BCUT2D eigenvalue weighted by Gasteiger charge is 2.10. The Morgan fingerprint density at radius 2 is 2.00 bits per heavy atom. The van der Waals surface area contributed by atoms with Gasteiger partial charge in [-0.2, -0.15) is 0 Å². The Hall–Kier alpha value is -1.68. The number of nitrogens with zero attached hydrogens (tertiary/aromatic N) is 1. The first-order chi connectivity index (χ1) is 8.11. The quantitative estimate of drug-likeness (QED) is 0.825. The Morgan fingerprint density at radius 1 is 1.24 bits per heavy atom. The summed E-state index contributed by atoms with van der Waals surface area (Å²) in [6, 6.07) is 4.12. The average molecular weight is 246 g/mol. The van der Waals surface area contributed by atoms with Crippen molar-refractivity contribution >= 4 is 12.2 Å². The molecule has 4 heteroatoms. The van der Waals surface area contributed by atoms with Gasteiger partial charge in [0.1, 0.15) is 10.4 Å². The maximum Gasteiger partial charge on any atom is 0.128 e. The van der Waals surface area contributed by atoms with Gasteiger partial charge in [0.05, 0.1) is 25.2 Å². The molecule has 2 rings (SSSR count). The van der Waals surface area contributed by atoms with E-state index in [1.54, 1.807) is 19.5 Å². The van der Waals surface area contributed by atoms with E-state index in [9.17, 15) is 0 Å². The van der Waals surface area contributed by atoms with Gasteiger partial charge in [-0.05, 0) is 31.0 Å². The van der Waals surface area contributed by atoms with Crippen molar-refractivity contribution in [2.45, 2.75) is 13.8 Å². The van der Waals surface area contributed by atoms with E-state index in [1.165, 1.54) is 5.56 Å². The average Bonchev–Trinajstić information content (AvgIpc) is 2.27. The lowest BCUT2D eigenvalue weighted by molar-refractivity contribution is 0.415. The van der Waals surface area contributed by atoms with E-state index in [0.29, 0.717) is 4.64 Å². The molecule has 3 nitrogen and oxygen atoms in total. The van der Waals surface area contributed by atoms with Crippen LogP contribution in [0.4, 0.5) is 0 Å². The molecular formula is C13H14N2OS. The molecule has 0 unspecified atom stereocenters. The van der Waals surface area contributed by atoms with Gasteiger partial charge >= 0.3 is 0 Å². The molecule has 0 aliphatic carbocycles. The second-order valence-corrected chi connectivity index (χ2v) is 4.41. The fraction of sp³-hybridized carbons (Fsp3) is 0.231. The lowest BCUT2D eigenvalue weighted by atomic mass is 10.0. The lowest BCUT2D eigenvalue weighted by Crippen LogP contribution is -1.95. The van der Waals surface area contributed by atoms with Crippen molar-refractivity contribution in [2.75, 3.05) is 7.11 Å². The van der Waals surface area contributed by atoms with E-state index < -0.39 is 0 Å². The molecule has 0 amide bonds. The molecule has 0 saturated carbocycles. The maximum absolute atomic E-state index is 5.42. The number of hydrogen-bond acceptors (Lipinski definition) is 3. The van der Waals surface area contributed by atoms with E-state index in [1.807, 2.05) is 13.0 Å². The predicted molar refractivity (Wildman–Crippen MR) is 70.9 cm³/mol. The molecule has 0 saturated heterocycles. The van der Waals surface area contributed by atoms with Crippen LogP contribution in [0.3, 0.4) is 0 Å². The van der Waals surface area contributed by atoms with Gasteiger partial charge in [-0.25, -0.2) is 0 Å². The molecule has 0 spiro atoms. The zero-order valence-corrected chi connectivity index (χ0v) is 10.9. The highest BCUT2D eigenvalue weighted by atomic mass is 32.1. The van der Waals surface area contributed by atoms with Crippen molar-refractivity contribution in [1.29, 1.82) is 0 Å². The van der Waals surface area contributed by atoms with E-state index in [0.717, 1.165) is 22.6 Å². The van der Waals surface area contributed by atoms with Crippen molar-refractivity contribution in [2.24, 2.45) is 0 Å². The smallest absolute Gasteiger partial charge is 0.128 e. The van der Waals surface area contributed by atoms with Gasteiger partial charge in [0.15, 0.2) is 0 Å². The molecule has 1 aromatic heterocycles. The highest BCUT2D eigenvalue weighted by Crippen LogP contribution is 2.32. The number of hydrogen-bond donors (Lipinski definition) is 1. The van der Waals surface area contributed by atoms with Crippen LogP contribution in [0.1, 0.15) is 11.1 Å². The van der Waals surface area contributed by atoms with Gasteiger partial charge in [0.25, 0.3) is 0 Å². The van der Waals surface area contributed by atoms with E-state index >= 15 is 0 Å². The van der Waals surface area contributed by atoms with Gasteiger partial charge in [-0.3, -0.25) is 4.98 Å². The number of methoxy groups -OCH3 is 1. The van der Waals surface area contributed by atoms with Crippen LogP contribution in [-0.2, 0) is 0 Å². The topological polar surface area (TPSA) is 37.9 Å². The molecule has 88 valence electrons. The monoisotopic (exact) mass is 246 g/mol. The number of aryl methyl sites for hydroxylation is 2. The van der Waals surface area contributed by atoms with Crippen molar-refractivity contribution < 1.29 is 4.74 Å². The fourth-order valence-electron chi connectivity index (χ4n) is 1.94. The SMILES string of the molecule is COc1cc(C)cc(C)c1-c1cncc(=S)[nH]1. The minimum atomic E-state index is 0.615. The number of benzene rings is 1. The molecule has 1 N–H and O–H groups in total. The summed E-state index contributed by atoms with van der Waals surface area (Å²) in [5.41, 5.74) is 4.20.